The van der Waals surface area contributed by atoms with Crippen molar-refractivity contribution in [3.05, 3.63) is 24.3 Å². The van der Waals surface area contributed by atoms with E-state index >= 15 is 0 Å². The van der Waals surface area contributed by atoms with Gasteiger partial charge in [-0.2, -0.15) is 0 Å². The maximum atomic E-state index is 11.6. The van der Waals surface area contributed by atoms with Gasteiger partial charge in [-0.05, 0) is 32.4 Å². The first-order valence-electron chi connectivity index (χ1n) is 5.33. The summed E-state index contributed by atoms with van der Waals surface area (Å²) in [4.78, 5) is 0.358. The molecule has 0 fully saturated rings. The smallest absolute Gasteiger partial charge is 0.177 e. The molecule has 0 radical (unpaired) electrons. The minimum atomic E-state index is -3.18. The molecule has 90 valence electrons. The van der Waals surface area contributed by atoms with Crippen LogP contribution in [-0.4, -0.2) is 20.2 Å². The zero-order valence-electron chi connectivity index (χ0n) is 10.2. The third-order valence-electron chi connectivity index (χ3n) is 2.64. The molecule has 1 aromatic rings. The van der Waals surface area contributed by atoms with E-state index in [1.165, 1.54) is 6.26 Å². The highest BCUT2D eigenvalue weighted by Gasteiger charge is 2.19. The van der Waals surface area contributed by atoms with Gasteiger partial charge in [0.05, 0.1) is 10.6 Å². The fourth-order valence-corrected chi connectivity index (χ4v) is 2.19. The second-order valence-electron chi connectivity index (χ2n) is 4.63. The van der Waals surface area contributed by atoms with Gasteiger partial charge in [0.15, 0.2) is 9.84 Å². The summed E-state index contributed by atoms with van der Waals surface area (Å²) < 4.78 is 23.2. The molecule has 0 heterocycles. The Morgan fingerprint density at radius 3 is 2.31 bits per heavy atom. The summed E-state index contributed by atoms with van der Waals surface area (Å²) in [5, 5.41) is 3.26. The van der Waals surface area contributed by atoms with Crippen molar-refractivity contribution in [2.45, 2.75) is 37.6 Å². The molecular formula is C12H19NO2S. The van der Waals surface area contributed by atoms with Crippen LogP contribution in [0.3, 0.4) is 0 Å². The van der Waals surface area contributed by atoms with E-state index in [0.29, 0.717) is 10.6 Å². The van der Waals surface area contributed by atoms with Crippen LogP contribution in [0.25, 0.3) is 0 Å². The Balaban J connectivity index is 3.16. The van der Waals surface area contributed by atoms with E-state index in [2.05, 4.69) is 12.2 Å². The Hall–Kier alpha value is -1.03. The second kappa shape index (κ2) is 4.45. The van der Waals surface area contributed by atoms with Crippen molar-refractivity contribution in [2.24, 2.45) is 0 Å². The minimum Gasteiger partial charge on any atom is -0.379 e. The van der Waals surface area contributed by atoms with Gasteiger partial charge in [0, 0.05) is 11.8 Å². The monoisotopic (exact) mass is 241 g/mol. The average molecular weight is 241 g/mol. The van der Waals surface area contributed by atoms with Crippen LogP contribution >= 0.6 is 0 Å². The molecular weight excluding hydrogens is 222 g/mol. The molecule has 16 heavy (non-hydrogen) atoms. The molecule has 0 spiro atoms. The predicted molar refractivity (Wildman–Crippen MR) is 67.5 cm³/mol. The molecule has 3 nitrogen and oxygen atoms in total. The van der Waals surface area contributed by atoms with Gasteiger partial charge in [-0.1, -0.05) is 19.1 Å². The van der Waals surface area contributed by atoms with E-state index in [1.54, 1.807) is 18.2 Å². The molecule has 0 aromatic heterocycles. The standard InChI is InChI=1S/C12H19NO2S/c1-5-12(2,3)13-10-8-6-7-9-11(10)16(4,14)15/h6-9,13H,5H2,1-4H3. The Morgan fingerprint density at radius 2 is 1.81 bits per heavy atom. The number of hydrogen-bond acceptors (Lipinski definition) is 3. The van der Waals surface area contributed by atoms with Crippen LogP contribution in [0.15, 0.2) is 29.2 Å². The Labute approximate surface area is 97.8 Å². The van der Waals surface area contributed by atoms with Crippen LogP contribution in [0.2, 0.25) is 0 Å². The molecule has 4 heteroatoms. The van der Waals surface area contributed by atoms with E-state index in [0.717, 1.165) is 6.42 Å². The van der Waals surface area contributed by atoms with Crippen LogP contribution in [0.5, 0.6) is 0 Å². The van der Waals surface area contributed by atoms with E-state index < -0.39 is 9.84 Å². The van der Waals surface area contributed by atoms with E-state index in [9.17, 15) is 8.42 Å². The van der Waals surface area contributed by atoms with Crippen LogP contribution < -0.4 is 5.32 Å². The molecule has 0 saturated carbocycles. The molecule has 1 aromatic carbocycles. The van der Waals surface area contributed by atoms with Crippen molar-refractivity contribution in [2.75, 3.05) is 11.6 Å². The maximum absolute atomic E-state index is 11.6. The summed E-state index contributed by atoms with van der Waals surface area (Å²) in [5.74, 6) is 0. The number of rotatable bonds is 4. The van der Waals surface area contributed by atoms with Gasteiger partial charge in [0.25, 0.3) is 0 Å². The van der Waals surface area contributed by atoms with Crippen molar-refractivity contribution in [3.63, 3.8) is 0 Å². The molecule has 0 unspecified atom stereocenters. The lowest BCUT2D eigenvalue weighted by Crippen LogP contribution is -2.30. The Bertz CT molecular complexity index is 464. The molecule has 0 aliphatic carbocycles. The van der Waals surface area contributed by atoms with Crippen molar-refractivity contribution in [1.29, 1.82) is 0 Å². The molecule has 0 aliphatic rings. The lowest BCUT2D eigenvalue weighted by atomic mass is 10.0. The number of benzene rings is 1. The fraction of sp³-hybridized carbons (Fsp3) is 0.500. The van der Waals surface area contributed by atoms with Gasteiger partial charge in [-0.15, -0.1) is 0 Å². The maximum Gasteiger partial charge on any atom is 0.177 e. The lowest BCUT2D eigenvalue weighted by Gasteiger charge is -2.27. The SMILES string of the molecule is CCC(C)(C)Nc1ccccc1S(C)(=O)=O. The molecule has 0 bridgehead atoms. The second-order valence-corrected chi connectivity index (χ2v) is 6.61. The van der Waals surface area contributed by atoms with Gasteiger partial charge in [-0.25, -0.2) is 8.42 Å². The lowest BCUT2D eigenvalue weighted by molar-refractivity contribution is 0.545. The largest absolute Gasteiger partial charge is 0.379 e. The highest BCUT2D eigenvalue weighted by atomic mass is 32.2. The normalized spacial score (nSPS) is 12.5. The van der Waals surface area contributed by atoms with Crippen molar-refractivity contribution in [3.8, 4) is 0 Å². The van der Waals surface area contributed by atoms with E-state index in [-0.39, 0.29) is 5.54 Å². The number of nitrogens with one attached hydrogen (secondary N) is 1. The first kappa shape index (κ1) is 13.0. The van der Waals surface area contributed by atoms with Crippen LogP contribution in [0.4, 0.5) is 5.69 Å². The highest BCUT2D eigenvalue weighted by molar-refractivity contribution is 7.90. The summed E-state index contributed by atoms with van der Waals surface area (Å²) in [5.41, 5.74) is 0.567. The zero-order chi connectivity index (χ0) is 12.4. The molecule has 0 amide bonds. The summed E-state index contributed by atoms with van der Waals surface area (Å²) in [6.45, 7) is 6.16. The van der Waals surface area contributed by atoms with Crippen molar-refractivity contribution in [1.82, 2.24) is 0 Å². The highest BCUT2D eigenvalue weighted by Crippen LogP contribution is 2.25. The van der Waals surface area contributed by atoms with Crippen LogP contribution in [0.1, 0.15) is 27.2 Å². The summed E-state index contributed by atoms with van der Waals surface area (Å²) >= 11 is 0. The molecule has 0 saturated heterocycles. The summed E-state index contributed by atoms with van der Waals surface area (Å²) in [6, 6.07) is 7.00. The quantitative estimate of drug-likeness (QED) is 0.881. The third kappa shape index (κ3) is 3.23. The third-order valence-corrected chi connectivity index (χ3v) is 3.80. The summed E-state index contributed by atoms with van der Waals surface area (Å²) in [7, 11) is -3.18. The molecule has 0 aliphatic heterocycles. The van der Waals surface area contributed by atoms with Crippen LogP contribution in [0, 0.1) is 0 Å². The molecule has 0 atom stereocenters. The number of anilines is 1. The van der Waals surface area contributed by atoms with E-state index in [4.69, 9.17) is 0 Å². The number of sulfone groups is 1. The van der Waals surface area contributed by atoms with Gasteiger partial charge in [0.1, 0.15) is 0 Å². The number of para-hydroxylation sites is 1. The Kier molecular flexibility index (Phi) is 3.63. The van der Waals surface area contributed by atoms with Gasteiger partial charge >= 0.3 is 0 Å². The van der Waals surface area contributed by atoms with Gasteiger partial charge in [-0.3, -0.25) is 0 Å². The van der Waals surface area contributed by atoms with Crippen LogP contribution in [-0.2, 0) is 9.84 Å². The number of hydrogen-bond donors (Lipinski definition) is 1. The molecule has 1 N–H and O–H groups in total. The topological polar surface area (TPSA) is 46.2 Å². The van der Waals surface area contributed by atoms with Gasteiger partial charge in [0.2, 0.25) is 0 Å². The van der Waals surface area contributed by atoms with E-state index in [1.807, 2.05) is 19.9 Å². The van der Waals surface area contributed by atoms with Crippen molar-refractivity contribution >= 4 is 15.5 Å². The summed E-state index contributed by atoms with van der Waals surface area (Å²) in [6.07, 6.45) is 2.15. The fourth-order valence-electron chi connectivity index (χ4n) is 1.35. The zero-order valence-corrected chi connectivity index (χ0v) is 11.1. The first-order valence-corrected chi connectivity index (χ1v) is 7.23. The predicted octanol–water partition coefficient (Wildman–Crippen LogP) is 2.69. The first-order chi connectivity index (χ1) is 7.26. The minimum absolute atomic E-state index is 0.110. The van der Waals surface area contributed by atoms with Gasteiger partial charge < -0.3 is 5.32 Å². The average Bonchev–Trinajstić information content (AvgIpc) is 2.16. The molecule has 1 rings (SSSR count). The van der Waals surface area contributed by atoms with Crippen molar-refractivity contribution < 1.29 is 8.42 Å². The Morgan fingerprint density at radius 1 is 1.25 bits per heavy atom.